The maximum atomic E-state index is 13.4. The number of ether oxygens (including phenoxy) is 1. The minimum atomic E-state index is -1.13. The first-order valence-corrected chi connectivity index (χ1v) is 6.65. The van der Waals surface area contributed by atoms with E-state index in [9.17, 15) is 13.6 Å². The quantitative estimate of drug-likeness (QED) is 0.808. The van der Waals surface area contributed by atoms with E-state index in [4.69, 9.17) is 9.84 Å². The first kappa shape index (κ1) is 14.7. The van der Waals surface area contributed by atoms with Crippen molar-refractivity contribution < 1.29 is 23.4 Å². The van der Waals surface area contributed by atoms with Crippen molar-refractivity contribution in [2.75, 3.05) is 0 Å². The van der Waals surface area contributed by atoms with Gasteiger partial charge in [0.25, 0.3) is 0 Å². The van der Waals surface area contributed by atoms with Gasteiger partial charge in [-0.1, -0.05) is 0 Å². The molecule has 0 saturated carbocycles. The van der Waals surface area contributed by atoms with Crippen LogP contribution in [0.15, 0.2) is 36.4 Å². The second kappa shape index (κ2) is 6.17. The Balaban J connectivity index is 2.20. The second-order valence-corrected chi connectivity index (χ2v) is 5.22. The molecule has 2 aromatic carbocycles. The summed E-state index contributed by atoms with van der Waals surface area (Å²) in [6.45, 7) is -0.174. The first-order chi connectivity index (χ1) is 9.47. The number of aromatic carboxylic acids is 1. The van der Waals surface area contributed by atoms with E-state index in [1.54, 1.807) is 6.07 Å². The van der Waals surface area contributed by atoms with E-state index in [1.807, 2.05) is 22.6 Å². The maximum absolute atomic E-state index is 13.4. The molecule has 2 aromatic rings. The van der Waals surface area contributed by atoms with E-state index in [0.29, 0.717) is 0 Å². The highest BCUT2D eigenvalue weighted by atomic mass is 127. The van der Waals surface area contributed by atoms with Gasteiger partial charge in [-0.2, -0.15) is 0 Å². The molecule has 0 heterocycles. The Morgan fingerprint density at radius 1 is 1.20 bits per heavy atom. The highest BCUT2D eigenvalue weighted by Gasteiger charge is 2.13. The lowest BCUT2D eigenvalue weighted by molar-refractivity contribution is 0.0691. The molecular formula is C14H9F2IO3. The number of carboxylic acid groups (broad SMARTS) is 1. The Labute approximate surface area is 127 Å². The summed E-state index contributed by atoms with van der Waals surface area (Å²) in [4.78, 5) is 11.1. The molecule has 2 rings (SSSR count). The summed E-state index contributed by atoms with van der Waals surface area (Å²) in [6, 6.07) is 7.78. The Morgan fingerprint density at radius 3 is 2.60 bits per heavy atom. The number of rotatable bonds is 4. The number of carbonyl (C=O) groups is 1. The van der Waals surface area contributed by atoms with Gasteiger partial charge in [0, 0.05) is 15.2 Å². The van der Waals surface area contributed by atoms with Crippen LogP contribution in [-0.2, 0) is 6.61 Å². The third-order valence-electron chi connectivity index (χ3n) is 2.57. The Bertz CT molecular complexity index is 659. The smallest absolute Gasteiger partial charge is 0.339 e. The van der Waals surface area contributed by atoms with Crippen molar-refractivity contribution in [1.29, 1.82) is 0 Å². The molecule has 0 aromatic heterocycles. The first-order valence-electron chi connectivity index (χ1n) is 5.57. The molecule has 0 radical (unpaired) electrons. The van der Waals surface area contributed by atoms with Gasteiger partial charge in [0.1, 0.15) is 29.6 Å². The third-order valence-corrected chi connectivity index (χ3v) is 3.24. The molecular weight excluding hydrogens is 381 g/mol. The molecule has 0 aliphatic rings. The van der Waals surface area contributed by atoms with Crippen molar-refractivity contribution in [3.63, 3.8) is 0 Å². The Hall–Kier alpha value is -1.70. The van der Waals surface area contributed by atoms with E-state index in [0.717, 1.165) is 15.7 Å². The van der Waals surface area contributed by atoms with Gasteiger partial charge < -0.3 is 9.84 Å². The zero-order valence-electron chi connectivity index (χ0n) is 10.1. The van der Waals surface area contributed by atoms with E-state index in [2.05, 4.69) is 0 Å². The fourth-order valence-corrected chi connectivity index (χ4v) is 2.08. The molecule has 0 saturated heterocycles. The van der Waals surface area contributed by atoms with Crippen molar-refractivity contribution in [2.45, 2.75) is 6.61 Å². The second-order valence-electron chi connectivity index (χ2n) is 3.97. The number of hydrogen-bond donors (Lipinski definition) is 1. The van der Waals surface area contributed by atoms with Gasteiger partial charge in [-0.15, -0.1) is 0 Å². The van der Waals surface area contributed by atoms with Crippen LogP contribution in [0.1, 0.15) is 15.9 Å². The van der Waals surface area contributed by atoms with Crippen molar-refractivity contribution in [1.82, 2.24) is 0 Å². The Kier molecular flexibility index (Phi) is 4.53. The van der Waals surface area contributed by atoms with E-state index in [1.165, 1.54) is 18.2 Å². The number of carboxylic acids is 1. The van der Waals surface area contributed by atoms with Gasteiger partial charge in [0.05, 0.1) is 0 Å². The third kappa shape index (κ3) is 3.44. The van der Waals surface area contributed by atoms with E-state index < -0.39 is 17.6 Å². The summed E-state index contributed by atoms with van der Waals surface area (Å²) in [5, 5.41) is 9.07. The molecule has 0 atom stereocenters. The van der Waals surface area contributed by atoms with Gasteiger partial charge in [-0.3, -0.25) is 0 Å². The van der Waals surface area contributed by atoms with E-state index in [-0.39, 0.29) is 23.5 Å². The average molecular weight is 390 g/mol. The van der Waals surface area contributed by atoms with Crippen LogP contribution in [0.2, 0.25) is 0 Å². The lowest BCUT2D eigenvalue weighted by Crippen LogP contribution is -2.05. The highest BCUT2D eigenvalue weighted by Crippen LogP contribution is 2.23. The molecule has 0 bridgehead atoms. The summed E-state index contributed by atoms with van der Waals surface area (Å²) in [5.41, 5.74) is 0.153. The van der Waals surface area contributed by atoms with Crippen LogP contribution in [0.25, 0.3) is 0 Å². The van der Waals surface area contributed by atoms with Crippen LogP contribution in [0.3, 0.4) is 0 Å². The van der Waals surface area contributed by atoms with Crippen LogP contribution in [0.5, 0.6) is 5.75 Å². The summed E-state index contributed by atoms with van der Waals surface area (Å²) in [6.07, 6.45) is 0. The van der Waals surface area contributed by atoms with Crippen molar-refractivity contribution >= 4 is 28.6 Å². The Morgan fingerprint density at radius 2 is 1.95 bits per heavy atom. The molecule has 1 N–H and O–H groups in total. The standard InChI is InChI=1S/C14H9F2IO3/c15-9-2-1-8(12(16)5-9)7-20-13-4-3-10(17)6-11(13)14(18)19/h1-6H,7H2,(H,18,19). The van der Waals surface area contributed by atoms with E-state index >= 15 is 0 Å². The van der Waals surface area contributed by atoms with Gasteiger partial charge in [-0.25, -0.2) is 13.6 Å². The monoisotopic (exact) mass is 390 g/mol. The number of hydrogen-bond acceptors (Lipinski definition) is 2. The van der Waals surface area contributed by atoms with Crippen molar-refractivity contribution in [2.24, 2.45) is 0 Å². The van der Waals surface area contributed by atoms with Crippen LogP contribution < -0.4 is 4.74 Å². The van der Waals surface area contributed by atoms with Crippen molar-refractivity contribution in [3.05, 3.63) is 62.7 Å². The normalized spacial score (nSPS) is 10.3. The topological polar surface area (TPSA) is 46.5 Å². The van der Waals surface area contributed by atoms with Gasteiger partial charge in [0.15, 0.2) is 0 Å². The molecule has 0 unspecified atom stereocenters. The lowest BCUT2D eigenvalue weighted by Gasteiger charge is -2.10. The fraction of sp³-hybridized carbons (Fsp3) is 0.0714. The predicted molar refractivity (Wildman–Crippen MR) is 76.8 cm³/mol. The van der Waals surface area contributed by atoms with Crippen LogP contribution >= 0.6 is 22.6 Å². The molecule has 104 valence electrons. The fourth-order valence-electron chi connectivity index (χ4n) is 1.59. The molecule has 0 amide bonds. The summed E-state index contributed by atoms with van der Waals surface area (Å²) < 4.78 is 32.3. The maximum Gasteiger partial charge on any atom is 0.339 e. The highest BCUT2D eigenvalue weighted by molar-refractivity contribution is 14.1. The minimum Gasteiger partial charge on any atom is -0.488 e. The molecule has 20 heavy (non-hydrogen) atoms. The lowest BCUT2D eigenvalue weighted by atomic mass is 10.2. The summed E-state index contributed by atoms with van der Waals surface area (Å²) in [5.74, 6) is -2.39. The van der Waals surface area contributed by atoms with Crippen molar-refractivity contribution in [3.8, 4) is 5.75 Å². The molecule has 0 fully saturated rings. The SMILES string of the molecule is O=C(O)c1cc(I)ccc1OCc1ccc(F)cc1F. The summed E-state index contributed by atoms with van der Waals surface area (Å²) in [7, 11) is 0. The molecule has 0 aliphatic carbocycles. The zero-order chi connectivity index (χ0) is 14.7. The minimum absolute atomic E-state index is 0.000537. The van der Waals surface area contributed by atoms with Crippen LogP contribution in [0.4, 0.5) is 8.78 Å². The van der Waals surface area contributed by atoms with Gasteiger partial charge in [-0.05, 0) is 52.9 Å². The average Bonchev–Trinajstić information content (AvgIpc) is 2.38. The predicted octanol–water partition coefficient (Wildman–Crippen LogP) is 3.85. The largest absolute Gasteiger partial charge is 0.488 e. The molecule has 3 nitrogen and oxygen atoms in total. The molecule has 0 aliphatic heterocycles. The zero-order valence-corrected chi connectivity index (χ0v) is 12.2. The summed E-state index contributed by atoms with van der Waals surface area (Å²) >= 11 is 1.98. The van der Waals surface area contributed by atoms with Gasteiger partial charge >= 0.3 is 5.97 Å². The number of halogens is 3. The number of benzene rings is 2. The molecule has 0 spiro atoms. The van der Waals surface area contributed by atoms with Crippen LogP contribution in [-0.4, -0.2) is 11.1 Å². The van der Waals surface area contributed by atoms with Gasteiger partial charge in [0.2, 0.25) is 0 Å². The van der Waals surface area contributed by atoms with Crippen LogP contribution in [0, 0.1) is 15.2 Å². The molecule has 6 heteroatoms.